The van der Waals surface area contributed by atoms with Crippen molar-refractivity contribution in [2.75, 3.05) is 39.1 Å². The van der Waals surface area contributed by atoms with Crippen LogP contribution in [-0.2, 0) is 17.8 Å². The Kier molecular flexibility index (Phi) is 5.24. The van der Waals surface area contributed by atoms with Gasteiger partial charge in [0.1, 0.15) is 0 Å². The first-order valence-corrected chi connectivity index (χ1v) is 10.7. The van der Waals surface area contributed by atoms with Crippen LogP contribution < -0.4 is 4.90 Å². The number of hydrogen-bond acceptors (Lipinski definition) is 4. The Hall–Kier alpha value is -1.85. The van der Waals surface area contributed by atoms with Crippen LogP contribution in [0.5, 0.6) is 0 Å². The van der Waals surface area contributed by atoms with Crippen LogP contribution in [0.15, 0.2) is 35.7 Å². The highest BCUT2D eigenvalue weighted by Crippen LogP contribution is 2.48. The standard InChI is InChI=1S/C22H29N3OS/c1-23(2)18-8-4-16(5-9-18)14-24(3)21(26)15-25-12-10-20-19(11-13-27-20)22(25)17-6-7-17/h4-5,8-9,11,13,17,22H,6-7,10,12,14-15H2,1-3H3. The zero-order valence-corrected chi connectivity index (χ0v) is 17.3. The molecular weight excluding hydrogens is 354 g/mol. The molecule has 27 heavy (non-hydrogen) atoms. The summed E-state index contributed by atoms with van der Waals surface area (Å²) in [6.45, 7) is 2.20. The van der Waals surface area contributed by atoms with Crippen LogP contribution in [0.3, 0.4) is 0 Å². The Morgan fingerprint density at radius 2 is 1.89 bits per heavy atom. The van der Waals surface area contributed by atoms with Crippen molar-refractivity contribution in [3.63, 3.8) is 0 Å². The van der Waals surface area contributed by atoms with Crippen LogP contribution >= 0.6 is 11.3 Å². The first-order chi connectivity index (χ1) is 13.0. The highest BCUT2D eigenvalue weighted by atomic mass is 32.1. The second kappa shape index (κ2) is 7.64. The quantitative estimate of drug-likeness (QED) is 0.759. The van der Waals surface area contributed by atoms with E-state index in [0.717, 1.165) is 18.9 Å². The molecule has 1 saturated carbocycles. The highest BCUT2D eigenvalue weighted by molar-refractivity contribution is 7.10. The molecule has 0 saturated heterocycles. The average molecular weight is 384 g/mol. The Morgan fingerprint density at radius 3 is 2.56 bits per heavy atom. The number of carbonyl (C=O) groups excluding carboxylic acids is 1. The first kappa shape index (κ1) is 18.5. The normalized spacial score (nSPS) is 19.6. The zero-order chi connectivity index (χ0) is 19.0. The van der Waals surface area contributed by atoms with Gasteiger partial charge in [0.25, 0.3) is 0 Å². The van der Waals surface area contributed by atoms with E-state index < -0.39 is 0 Å². The molecule has 2 aromatic rings. The van der Waals surface area contributed by atoms with Crippen LogP contribution in [0, 0.1) is 5.92 Å². The van der Waals surface area contributed by atoms with Gasteiger partial charge in [-0.1, -0.05) is 12.1 Å². The molecule has 5 heteroatoms. The Bertz CT molecular complexity index is 794. The summed E-state index contributed by atoms with van der Waals surface area (Å²) >= 11 is 1.88. The van der Waals surface area contributed by atoms with Crippen LogP contribution in [0.2, 0.25) is 0 Å². The van der Waals surface area contributed by atoms with Crippen molar-refractivity contribution in [2.45, 2.75) is 31.8 Å². The molecule has 0 radical (unpaired) electrons. The smallest absolute Gasteiger partial charge is 0.236 e. The van der Waals surface area contributed by atoms with Crippen LogP contribution in [0.25, 0.3) is 0 Å². The molecule has 2 aliphatic rings. The molecule has 4 rings (SSSR count). The molecule has 4 nitrogen and oxygen atoms in total. The minimum Gasteiger partial charge on any atom is -0.378 e. The van der Waals surface area contributed by atoms with Gasteiger partial charge in [-0.3, -0.25) is 9.69 Å². The Balaban J connectivity index is 1.39. The van der Waals surface area contributed by atoms with Crippen molar-refractivity contribution in [3.05, 3.63) is 51.7 Å². The van der Waals surface area contributed by atoms with E-state index in [-0.39, 0.29) is 5.91 Å². The zero-order valence-electron chi connectivity index (χ0n) is 16.5. The van der Waals surface area contributed by atoms with E-state index in [2.05, 4.69) is 45.5 Å². The molecule has 2 heterocycles. The topological polar surface area (TPSA) is 26.8 Å². The summed E-state index contributed by atoms with van der Waals surface area (Å²) in [4.78, 5) is 20.8. The lowest BCUT2D eigenvalue weighted by atomic mass is 9.96. The molecule has 1 fully saturated rings. The number of likely N-dealkylation sites (N-methyl/N-ethyl adjacent to an activating group) is 1. The molecule has 1 aliphatic carbocycles. The van der Waals surface area contributed by atoms with Crippen molar-refractivity contribution < 1.29 is 4.79 Å². The molecule has 1 amide bonds. The lowest BCUT2D eigenvalue weighted by molar-refractivity contribution is -0.132. The summed E-state index contributed by atoms with van der Waals surface area (Å²) in [5.41, 5.74) is 3.84. The average Bonchev–Trinajstić information content (AvgIpc) is 3.38. The number of nitrogens with zero attached hydrogens (tertiary/aromatic N) is 3. The summed E-state index contributed by atoms with van der Waals surface area (Å²) in [5, 5.41) is 2.22. The van der Waals surface area contributed by atoms with E-state index in [1.54, 1.807) is 0 Å². The molecule has 0 spiro atoms. The molecule has 1 aliphatic heterocycles. The lowest BCUT2D eigenvalue weighted by Gasteiger charge is -2.36. The van der Waals surface area contributed by atoms with E-state index in [0.29, 0.717) is 19.1 Å². The number of hydrogen-bond donors (Lipinski definition) is 0. The SMILES string of the molecule is CN(Cc1ccc(N(C)C)cc1)C(=O)CN1CCc2sccc2C1C1CC1. The van der Waals surface area contributed by atoms with Gasteiger partial charge < -0.3 is 9.80 Å². The minimum absolute atomic E-state index is 0.219. The third-order valence-corrected chi connectivity index (χ3v) is 6.82. The van der Waals surface area contributed by atoms with E-state index in [1.165, 1.54) is 34.5 Å². The first-order valence-electron chi connectivity index (χ1n) is 9.83. The molecule has 1 aromatic carbocycles. The summed E-state index contributed by atoms with van der Waals surface area (Å²) in [6.07, 6.45) is 3.69. The molecule has 144 valence electrons. The third kappa shape index (κ3) is 4.04. The van der Waals surface area contributed by atoms with Gasteiger partial charge in [-0.15, -0.1) is 11.3 Å². The van der Waals surface area contributed by atoms with Gasteiger partial charge in [-0.25, -0.2) is 0 Å². The second-order valence-electron chi connectivity index (χ2n) is 8.11. The summed E-state index contributed by atoms with van der Waals surface area (Å²) < 4.78 is 0. The number of rotatable bonds is 6. The second-order valence-corrected chi connectivity index (χ2v) is 9.11. The number of carbonyl (C=O) groups is 1. The van der Waals surface area contributed by atoms with Crippen molar-refractivity contribution in [3.8, 4) is 0 Å². The fraction of sp³-hybridized carbons (Fsp3) is 0.500. The number of amides is 1. The predicted octanol–water partition coefficient (Wildman–Crippen LogP) is 3.78. The molecule has 1 unspecified atom stereocenters. The van der Waals surface area contributed by atoms with Crippen LogP contribution in [0.1, 0.15) is 34.9 Å². The Labute approximate surface area is 166 Å². The summed E-state index contributed by atoms with van der Waals surface area (Å²) in [7, 11) is 6.01. The van der Waals surface area contributed by atoms with E-state index in [4.69, 9.17) is 0 Å². The number of fused-ring (bicyclic) bond motifs is 1. The number of anilines is 1. The van der Waals surface area contributed by atoms with Gasteiger partial charge in [0.05, 0.1) is 6.54 Å². The van der Waals surface area contributed by atoms with Crippen LogP contribution in [-0.4, -0.2) is 49.9 Å². The summed E-state index contributed by atoms with van der Waals surface area (Å²) in [6, 6.07) is 11.2. The lowest BCUT2D eigenvalue weighted by Crippen LogP contribution is -2.43. The maximum atomic E-state index is 12.9. The van der Waals surface area contributed by atoms with Gasteiger partial charge in [-0.05, 0) is 59.9 Å². The van der Waals surface area contributed by atoms with Crippen molar-refractivity contribution >= 4 is 22.9 Å². The molecule has 1 aromatic heterocycles. The van der Waals surface area contributed by atoms with E-state index in [9.17, 15) is 4.79 Å². The van der Waals surface area contributed by atoms with Crippen molar-refractivity contribution in [2.24, 2.45) is 5.92 Å². The third-order valence-electron chi connectivity index (χ3n) is 5.82. The maximum Gasteiger partial charge on any atom is 0.236 e. The summed E-state index contributed by atoms with van der Waals surface area (Å²) in [5.74, 6) is 0.964. The van der Waals surface area contributed by atoms with Gasteiger partial charge in [0, 0.05) is 50.8 Å². The monoisotopic (exact) mass is 383 g/mol. The minimum atomic E-state index is 0.219. The van der Waals surface area contributed by atoms with Gasteiger partial charge in [0.15, 0.2) is 0 Å². The van der Waals surface area contributed by atoms with Gasteiger partial charge >= 0.3 is 0 Å². The highest BCUT2D eigenvalue weighted by Gasteiger charge is 2.40. The fourth-order valence-electron chi connectivity index (χ4n) is 4.10. The maximum absolute atomic E-state index is 12.9. The number of thiophene rings is 1. The predicted molar refractivity (Wildman–Crippen MR) is 112 cm³/mol. The molecule has 0 N–H and O–H groups in total. The Morgan fingerprint density at radius 1 is 1.15 bits per heavy atom. The molecule has 1 atom stereocenters. The molecule has 0 bridgehead atoms. The van der Waals surface area contributed by atoms with E-state index in [1.807, 2.05) is 37.4 Å². The molecular formula is C22H29N3OS. The number of benzene rings is 1. The van der Waals surface area contributed by atoms with Gasteiger partial charge in [0.2, 0.25) is 5.91 Å². The fourth-order valence-corrected chi connectivity index (χ4v) is 5.01. The largest absolute Gasteiger partial charge is 0.378 e. The van der Waals surface area contributed by atoms with Crippen molar-refractivity contribution in [1.29, 1.82) is 0 Å². The van der Waals surface area contributed by atoms with E-state index >= 15 is 0 Å². The van der Waals surface area contributed by atoms with Crippen LogP contribution in [0.4, 0.5) is 5.69 Å². The van der Waals surface area contributed by atoms with Gasteiger partial charge in [-0.2, -0.15) is 0 Å². The van der Waals surface area contributed by atoms with Crippen molar-refractivity contribution in [1.82, 2.24) is 9.80 Å².